The van der Waals surface area contributed by atoms with Crippen LogP contribution < -0.4 is 43.1 Å². The van der Waals surface area contributed by atoms with Crippen LogP contribution in [0.1, 0.15) is 39.5 Å². The topological polar surface area (TPSA) is 52.2 Å². The first-order chi connectivity index (χ1) is 11.9. The van der Waals surface area contributed by atoms with E-state index in [1.165, 1.54) is 25.7 Å². The lowest BCUT2D eigenvalue weighted by Crippen LogP contribution is -3.00. The van der Waals surface area contributed by atoms with Gasteiger partial charge in [-0.05, 0) is 25.0 Å². The molecule has 0 bridgehead atoms. The Kier molecular flexibility index (Phi) is 20.4. The molecule has 7 heteroatoms. The maximum Gasteiger partial charge on any atom is 0.241 e. The number of nitrogens with one attached hydrogen (secondary N) is 2. The zero-order valence-electron chi connectivity index (χ0n) is 15.7. The molecule has 26 heavy (non-hydrogen) atoms. The first-order valence-electron chi connectivity index (χ1n) is 8.75. The Morgan fingerprint density at radius 2 is 1.19 bits per heavy atom. The molecule has 146 valence electrons. The third-order valence-electron chi connectivity index (χ3n) is 3.31. The summed E-state index contributed by atoms with van der Waals surface area (Å²) < 4.78 is 4.31. The average Bonchev–Trinajstić information content (AvgIpc) is 3.34. The summed E-state index contributed by atoms with van der Waals surface area (Å²) >= 11 is 0. The maximum absolute atomic E-state index is 3.78. The summed E-state index contributed by atoms with van der Waals surface area (Å²) in [5, 5.41) is 0. The molecule has 3 rings (SSSR count). The van der Waals surface area contributed by atoms with Gasteiger partial charge in [0, 0.05) is 12.4 Å². The number of hydrogen-bond acceptors (Lipinski definition) is 1. The minimum atomic E-state index is 0. The molecular formula is C19H31Br2N5. The van der Waals surface area contributed by atoms with Crippen LogP contribution in [-0.4, -0.2) is 15.0 Å². The first-order valence-corrected chi connectivity index (χ1v) is 8.75. The Morgan fingerprint density at radius 3 is 1.42 bits per heavy atom. The number of aromatic amines is 2. The van der Waals surface area contributed by atoms with Gasteiger partial charge in [0.15, 0.2) is 0 Å². The van der Waals surface area contributed by atoms with Gasteiger partial charge < -0.3 is 34.0 Å². The van der Waals surface area contributed by atoms with E-state index < -0.39 is 0 Å². The van der Waals surface area contributed by atoms with Gasteiger partial charge >= 0.3 is 0 Å². The fourth-order valence-electron chi connectivity index (χ4n) is 1.91. The summed E-state index contributed by atoms with van der Waals surface area (Å²) in [5.74, 6) is 0. The number of aryl methyl sites for hydroxylation is 2. The largest absolute Gasteiger partial charge is 1.00 e. The lowest BCUT2D eigenvalue weighted by molar-refractivity contribution is -0.696. The van der Waals surface area contributed by atoms with Crippen molar-refractivity contribution in [3.05, 3.63) is 68.0 Å². The van der Waals surface area contributed by atoms with Crippen LogP contribution in [0.25, 0.3) is 0 Å². The second-order valence-corrected chi connectivity index (χ2v) is 5.43. The highest BCUT2D eigenvalue weighted by atomic mass is 79.9. The number of halogens is 2. The molecule has 0 fully saturated rings. The van der Waals surface area contributed by atoms with Gasteiger partial charge in [0.05, 0.1) is 13.1 Å². The standard InChI is InChI=1S/2C7H12N2.C5H5N.2BrH/c2*1-2-3-5-9-6-4-8-7-9;1-2-4-6-5-3-1;;/h2*4,6-7H,2-3,5H2,1H3;1-5H;2*1H. The molecule has 3 heterocycles. The van der Waals surface area contributed by atoms with Gasteiger partial charge in [-0.2, -0.15) is 0 Å². The van der Waals surface area contributed by atoms with Gasteiger partial charge in [0.1, 0.15) is 24.8 Å². The van der Waals surface area contributed by atoms with Crippen LogP contribution in [0.15, 0.2) is 68.0 Å². The van der Waals surface area contributed by atoms with Gasteiger partial charge in [-0.25, -0.2) is 9.13 Å². The van der Waals surface area contributed by atoms with E-state index in [1.54, 1.807) is 12.4 Å². The number of H-pyrrole nitrogens is 2. The van der Waals surface area contributed by atoms with Crippen molar-refractivity contribution in [1.82, 2.24) is 15.0 Å². The van der Waals surface area contributed by atoms with E-state index in [4.69, 9.17) is 0 Å². The minimum absolute atomic E-state index is 0. The highest BCUT2D eigenvalue weighted by Gasteiger charge is 1.93. The zero-order chi connectivity index (χ0) is 17.3. The Labute approximate surface area is 178 Å². The average molecular weight is 489 g/mol. The molecular weight excluding hydrogens is 458 g/mol. The summed E-state index contributed by atoms with van der Waals surface area (Å²) in [6.45, 7) is 6.68. The van der Waals surface area contributed by atoms with Crippen LogP contribution in [0.2, 0.25) is 0 Å². The SMILES string of the molecule is CCCC[n+]1cc[nH]c1.CCCC[n+]1cc[nH]c1.[Br-].[Br-].c1ccncc1. The van der Waals surface area contributed by atoms with Crippen LogP contribution in [0.5, 0.6) is 0 Å². The van der Waals surface area contributed by atoms with Crippen molar-refractivity contribution < 1.29 is 43.1 Å². The lowest BCUT2D eigenvalue weighted by Gasteiger charge is -1.89. The molecule has 0 aliphatic carbocycles. The van der Waals surface area contributed by atoms with Crippen molar-refractivity contribution in [1.29, 1.82) is 0 Å². The van der Waals surface area contributed by atoms with E-state index in [1.807, 2.05) is 43.2 Å². The fourth-order valence-corrected chi connectivity index (χ4v) is 1.91. The Hall–Kier alpha value is -1.47. The Bertz CT molecular complexity index is 506. The molecule has 0 spiro atoms. The van der Waals surface area contributed by atoms with E-state index in [0.29, 0.717) is 0 Å². The van der Waals surface area contributed by atoms with Crippen LogP contribution in [0, 0.1) is 0 Å². The summed E-state index contributed by atoms with van der Waals surface area (Å²) in [5.41, 5.74) is 0. The van der Waals surface area contributed by atoms with Crippen LogP contribution >= 0.6 is 0 Å². The number of unbranched alkanes of at least 4 members (excludes halogenated alkanes) is 2. The highest BCUT2D eigenvalue weighted by molar-refractivity contribution is 4.88. The van der Waals surface area contributed by atoms with Gasteiger partial charge in [0.25, 0.3) is 0 Å². The van der Waals surface area contributed by atoms with Crippen LogP contribution in [-0.2, 0) is 13.1 Å². The first kappa shape index (κ1) is 26.8. The fraction of sp³-hybridized carbons (Fsp3) is 0.421. The van der Waals surface area contributed by atoms with Crippen molar-refractivity contribution in [2.24, 2.45) is 0 Å². The maximum atomic E-state index is 3.78. The third kappa shape index (κ3) is 14.8. The molecule has 0 aliphatic heterocycles. The van der Waals surface area contributed by atoms with E-state index in [-0.39, 0.29) is 34.0 Å². The molecule has 3 aromatic rings. The smallest absolute Gasteiger partial charge is 0.241 e. The van der Waals surface area contributed by atoms with Gasteiger partial charge in [-0.15, -0.1) is 0 Å². The molecule has 3 aromatic heterocycles. The summed E-state index contributed by atoms with van der Waals surface area (Å²) in [7, 11) is 0. The number of imidazole rings is 2. The van der Waals surface area contributed by atoms with E-state index in [0.717, 1.165) is 13.1 Å². The molecule has 0 aliphatic rings. The third-order valence-corrected chi connectivity index (χ3v) is 3.31. The highest BCUT2D eigenvalue weighted by Crippen LogP contribution is 1.84. The quantitative estimate of drug-likeness (QED) is 0.364. The van der Waals surface area contributed by atoms with Gasteiger partial charge in [0.2, 0.25) is 12.7 Å². The lowest BCUT2D eigenvalue weighted by atomic mass is 10.3. The van der Waals surface area contributed by atoms with E-state index in [9.17, 15) is 0 Å². The number of rotatable bonds is 6. The monoisotopic (exact) mass is 487 g/mol. The molecule has 0 aromatic carbocycles. The summed E-state index contributed by atoms with van der Waals surface area (Å²) in [6, 6.07) is 5.72. The van der Waals surface area contributed by atoms with Crippen molar-refractivity contribution in [3.63, 3.8) is 0 Å². The Balaban J connectivity index is 0. The predicted octanol–water partition coefficient (Wildman–Crippen LogP) is -2.71. The van der Waals surface area contributed by atoms with E-state index >= 15 is 0 Å². The molecule has 0 saturated heterocycles. The van der Waals surface area contributed by atoms with Gasteiger partial charge in [-0.1, -0.05) is 32.8 Å². The molecule has 2 N–H and O–H groups in total. The molecule has 0 unspecified atom stereocenters. The second kappa shape index (κ2) is 19.8. The number of pyridine rings is 1. The molecule has 0 atom stereocenters. The Morgan fingerprint density at radius 1 is 0.731 bits per heavy atom. The molecule has 0 amide bonds. The number of aromatic nitrogens is 5. The number of hydrogen-bond donors (Lipinski definition) is 2. The second-order valence-electron chi connectivity index (χ2n) is 5.43. The molecule has 0 saturated carbocycles. The zero-order valence-corrected chi connectivity index (χ0v) is 18.9. The predicted molar refractivity (Wildman–Crippen MR) is 96.0 cm³/mol. The molecule has 0 radical (unpaired) electrons. The van der Waals surface area contributed by atoms with Gasteiger partial charge in [-0.3, -0.25) is 15.0 Å². The number of nitrogens with zero attached hydrogens (tertiary/aromatic N) is 3. The van der Waals surface area contributed by atoms with Crippen molar-refractivity contribution >= 4 is 0 Å². The van der Waals surface area contributed by atoms with Crippen molar-refractivity contribution in [2.75, 3.05) is 0 Å². The summed E-state index contributed by atoms with van der Waals surface area (Å²) in [6.07, 6.45) is 20.5. The summed E-state index contributed by atoms with van der Waals surface area (Å²) in [4.78, 5) is 9.79. The normalized spacial score (nSPS) is 8.69. The van der Waals surface area contributed by atoms with Crippen LogP contribution in [0.4, 0.5) is 0 Å². The van der Waals surface area contributed by atoms with E-state index in [2.05, 4.69) is 50.3 Å². The molecule has 5 nitrogen and oxygen atoms in total. The van der Waals surface area contributed by atoms with Crippen molar-refractivity contribution in [3.8, 4) is 0 Å². The minimum Gasteiger partial charge on any atom is -1.00 e. The van der Waals surface area contributed by atoms with Crippen molar-refractivity contribution in [2.45, 2.75) is 52.6 Å². The van der Waals surface area contributed by atoms with Crippen LogP contribution in [0.3, 0.4) is 0 Å².